The van der Waals surface area contributed by atoms with Gasteiger partial charge < -0.3 is 19.7 Å². The van der Waals surface area contributed by atoms with E-state index in [0.717, 1.165) is 10.6 Å². The molecule has 3 rings (SSSR count). The monoisotopic (exact) mass is 478 g/mol. The van der Waals surface area contributed by atoms with Gasteiger partial charge in [-0.15, -0.1) is 10.2 Å². The quantitative estimate of drug-likeness (QED) is 0.409. The molecule has 0 saturated carbocycles. The Morgan fingerprint density at radius 3 is 2.20 bits per heavy atom. The molecule has 2 aromatic rings. The molecule has 1 aliphatic rings. The lowest BCUT2D eigenvalue weighted by Crippen LogP contribution is -2.30. The van der Waals surface area contributed by atoms with Crippen LogP contribution in [0.3, 0.4) is 0 Å². The highest BCUT2D eigenvalue weighted by atomic mass is 16.5. The Bertz CT molecular complexity index is 1210. The van der Waals surface area contributed by atoms with Gasteiger partial charge >= 0.3 is 0 Å². The Kier molecular flexibility index (Phi) is 8.25. The van der Waals surface area contributed by atoms with Crippen molar-refractivity contribution < 1.29 is 23.9 Å². The summed E-state index contributed by atoms with van der Waals surface area (Å²) >= 11 is 0. The van der Waals surface area contributed by atoms with Gasteiger partial charge in [-0.25, -0.2) is 0 Å². The number of amides is 3. The molecule has 2 aromatic carbocycles. The molecular formula is C24H26N6O5. The number of benzene rings is 2. The van der Waals surface area contributed by atoms with Crippen LogP contribution in [0.1, 0.15) is 33.2 Å². The molecule has 0 radical (unpaired) electrons. The van der Waals surface area contributed by atoms with E-state index in [1.54, 1.807) is 26.4 Å². The van der Waals surface area contributed by atoms with Crippen LogP contribution in [0.25, 0.3) is 0 Å². The summed E-state index contributed by atoms with van der Waals surface area (Å²) in [6.07, 6.45) is 0. The van der Waals surface area contributed by atoms with Gasteiger partial charge in [0.2, 0.25) is 5.91 Å². The van der Waals surface area contributed by atoms with Crippen LogP contribution in [0.15, 0.2) is 40.6 Å². The van der Waals surface area contributed by atoms with Gasteiger partial charge in [0.05, 0.1) is 35.6 Å². The van der Waals surface area contributed by atoms with Crippen LogP contribution in [-0.2, 0) is 14.3 Å². The molecule has 0 atom stereocenters. The largest absolute Gasteiger partial charge is 0.383 e. The molecule has 1 aliphatic heterocycles. The average molecular weight is 479 g/mol. The maximum absolute atomic E-state index is 12.3. The molecule has 0 unspecified atom stereocenters. The standard InChI is InChI=1S/C24H26N6O5/c1-15(31)26-22-12-17(30(7-9-34-3)8-10-35-4)5-6-20(22)27-28-21-13-19-18(11-16(21)14-25)23(32)29(2)24(19)33/h5-6,11-13H,7-10H2,1-4H3,(H,26,31). The van der Waals surface area contributed by atoms with Crippen molar-refractivity contribution in [2.75, 3.05) is 57.8 Å². The topological polar surface area (TPSA) is 137 Å². The van der Waals surface area contributed by atoms with Gasteiger partial charge in [-0.05, 0) is 30.3 Å². The van der Waals surface area contributed by atoms with Crippen molar-refractivity contribution in [3.63, 3.8) is 0 Å². The van der Waals surface area contributed by atoms with Crippen LogP contribution in [-0.4, -0.2) is 70.2 Å². The normalized spacial score (nSPS) is 12.7. The van der Waals surface area contributed by atoms with Crippen molar-refractivity contribution in [3.8, 4) is 6.07 Å². The fourth-order valence-corrected chi connectivity index (χ4v) is 3.55. The van der Waals surface area contributed by atoms with Gasteiger partial charge in [0.1, 0.15) is 17.4 Å². The molecule has 11 nitrogen and oxygen atoms in total. The highest BCUT2D eigenvalue weighted by Crippen LogP contribution is 2.34. The number of rotatable bonds is 10. The van der Waals surface area contributed by atoms with Crippen molar-refractivity contribution in [1.29, 1.82) is 5.26 Å². The number of azo groups is 1. The molecular weight excluding hydrogens is 452 g/mol. The average Bonchev–Trinajstić information content (AvgIpc) is 3.05. The molecule has 0 fully saturated rings. The van der Waals surface area contributed by atoms with E-state index in [1.165, 1.54) is 26.1 Å². The van der Waals surface area contributed by atoms with E-state index in [0.29, 0.717) is 37.7 Å². The number of carbonyl (C=O) groups is 3. The Hall–Kier alpha value is -4.14. The highest BCUT2D eigenvalue weighted by molar-refractivity contribution is 6.21. The first kappa shape index (κ1) is 25.5. The highest BCUT2D eigenvalue weighted by Gasteiger charge is 2.34. The second kappa shape index (κ2) is 11.3. The molecule has 0 aromatic heterocycles. The molecule has 1 N–H and O–H groups in total. The molecule has 1 heterocycles. The van der Waals surface area contributed by atoms with Crippen LogP contribution in [0.2, 0.25) is 0 Å². The SMILES string of the molecule is COCCN(CCOC)c1ccc(N=Nc2cc3c(cc2C#N)C(=O)N(C)C3=O)c(NC(C)=O)c1. The van der Waals surface area contributed by atoms with E-state index in [9.17, 15) is 19.6 Å². The third-order valence-corrected chi connectivity index (χ3v) is 5.38. The number of hydrogen-bond acceptors (Lipinski definition) is 9. The molecule has 182 valence electrons. The summed E-state index contributed by atoms with van der Waals surface area (Å²) in [5.74, 6) is -1.23. The summed E-state index contributed by atoms with van der Waals surface area (Å²) in [6.45, 7) is 3.62. The van der Waals surface area contributed by atoms with Crippen LogP contribution in [0, 0.1) is 11.3 Å². The smallest absolute Gasteiger partial charge is 0.261 e. The zero-order chi connectivity index (χ0) is 25.5. The Labute approximate surface area is 202 Å². The Balaban J connectivity index is 1.98. The van der Waals surface area contributed by atoms with Crippen molar-refractivity contribution in [2.24, 2.45) is 10.2 Å². The summed E-state index contributed by atoms with van der Waals surface area (Å²) in [7, 11) is 4.62. The number of ether oxygens (including phenoxy) is 2. The number of anilines is 2. The predicted molar refractivity (Wildman–Crippen MR) is 128 cm³/mol. The summed E-state index contributed by atoms with van der Waals surface area (Å²) in [5.41, 5.74) is 2.16. The van der Waals surface area contributed by atoms with E-state index in [-0.39, 0.29) is 28.3 Å². The summed E-state index contributed by atoms with van der Waals surface area (Å²) in [5, 5.41) is 20.7. The number of hydrogen-bond donors (Lipinski definition) is 1. The van der Waals surface area contributed by atoms with Crippen LogP contribution in [0.4, 0.5) is 22.7 Å². The molecule has 11 heteroatoms. The fraction of sp³-hybridized carbons (Fsp3) is 0.333. The van der Waals surface area contributed by atoms with Gasteiger partial charge in [-0.2, -0.15) is 5.26 Å². The number of methoxy groups -OCH3 is 2. The van der Waals surface area contributed by atoms with Gasteiger partial charge in [0, 0.05) is 47.0 Å². The van der Waals surface area contributed by atoms with E-state index < -0.39 is 11.8 Å². The summed E-state index contributed by atoms with van der Waals surface area (Å²) in [4.78, 5) is 39.4. The van der Waals surface area contributed by atoms with Crippen LogP contribution in [0.5, 0.6) is 0 Å². The number of nitrogens with one attached hydrogen (secondary N) is 1. The molecule has 0 saturated heterocycles. The first-order chi connectivity index (χ1) is 16.8. The lowest BCUT2D eigenvalue weighted by atomic mass is 10.0. The minimum Gasteiger partial charge on any atom is -0.383 e. The number of fused-ring (bicyclic) bond motifs is 1. The second-order valence-electron chi connectivity index (χ2n) is 7.75. The lowest BCUT2D eigenvalue weighted by molar-refractivity contribution is -0.114. The number of imide groups is 1. The van der Waals surface area contributed by atoms with Gasteiger partial charge in [-0.3, -0.25) is 19.3 Å². The van der Waals surface area contributed by atoms with Gasteiger partial charge in [-0.1, -0.05) is 0 Å². The zero-order valence-corrected chi connectivity index (χ0v) is 20.0. The second-order valence-corrected chi connectivity index (χ2v) is 7.75. The van der Waals surface area contributed by atoms with Crippen molar-refractivity contribution in [3.05, 3.63) is 47.0 Å². The molecule has 0 bridgehead atoms. The molecule has 3 amide bonds. The maximum atomic E-state index is 12.3. The minimum absolute atomic E-state index is 0.104. The minimum atomic E-state index is -0.472. The molecule has 35 heavy (non-hydrogen) atoms. The van der Waals surface area contributed by atoms with E-state index in [4.69, 9.17) is 9.47 Å². The first-order valence-electron chi connectivity index (χ1n) is 10.8. The Morgan fingerprint density at radius 1 is 1.03 bits per heavy atom. The summed E-state index contributed by atoms with van der Waals surface area (Å²) in [6, 6.07) is 10.0. The van der Waals surface area contributed by atoms with Gasteiger partial charge in [0.15, 0.2) is 0 Å². The Morgan fingerprint density at radius 2 is 1.63 bits per heavy atom. The maximum Gasteiger partial charge on any atom is 0.261 e. The van der Waals surface area contributed by atoms with Crippen LogP contribution < -0.4 is 10.2 Å². The molecule has 0 aliphatic carbocycles. The van der Waals surface area contributed by atoms with Crippen LogP contribution >= 0.6 is 0 Å². The number of nitriles is 1. The number of nitrogens with zero attached hydrogens (tertiary/aromatic N) is 5. The third kappa shape index (κ3) is 5.68. The third-order valence-electron chi connectivity index (χ3n) is 5.38. The van der Waals surface area contributed by atoms with Gasteiger partial charge in [0.25, 0.3) is 11.8 Å². The predicted octanol–water partition coefficient (Wildman–Crippen LogP) is 3.26. The van der Waals surface area contributed by atoms with Crippen molar-refractivity contribution >= 4 is 40.5 Å². The number of carbonyl (C=O) groups excluding carboxylic acids is 3. The van der Waals surface area contributed by atoms with Crippen molar-refractivity contribution in [2.45, 2.75) is 6.92 Å². The van der Waals surface area contributed by atoms with E-state index >= 15 is 0 Å². The van der Waals surface area contributed by atoms with E-state index in [1.807, 2.05) is 17.0 Å². The fourth-order valence-electron chi connectivity index (χ4n) is 3.55. The zero-order valence-electron chi connectivity index (χ0n) is 20.0. The molecule has 0 spiro atoms. The lowest BCUT2D eigenvalue weighted by Gasteiger charge is -2.25. The van der Waals surface area contributed by atoms with E-state index in [2.05, 4.69) is 15.5 Å². The summed E-state index contributed by atoms with van der Waals surface area (Å²) < 4.78 is 10.4. The first-order valence-corrected chi connectivity index (χ1v) is 10.8. The van der Waals surface area contributed by atoms with Crippen molar-refractivity contribution in [1.82, 2.24) is 4.90 Å².